The van der Waals surface area contributed by atoms with Crippen LogP contribution >= 0.6 is 0 Å². The van der Waals surface area contributed by atoms with Crippen LogP contribution in [0, 0.1) is 13.8 Å². The number of hydrogen-bond donors (Lipinski definition) is 1. The summed E-state index contributed by atoms with van der Waals surface area (Å²) in [5.74, 6) is 0.593. The van der Waals surface area contributed by atoms with Gasteiger partial charge in [0.15, 0.2) is 0 Å². The lowest BCUT2D eigenvalue weighted by Crippen LogP contribution is -1.96. The summed E-state index contributed by atoms with van der Waals surface area (Å²) in [6.45, 7) is 12.1. The molecule has 2 heteroatoms. The van der Waals surface area contributed by atoms with E-state index in [2.05, 4.69) is 19.1 Å². The molecule has 1 unspecified atom stereocenters. The molecule has 0 spiro atoms. The highest BCUT2D eigenvalue weighted by molar-refractivity contribution is 5.82. The summed E-state index contributed by atoms with van der Waals surface area (Å²) in [7, 11) is 0. The van der Waals surface area contributed by atoms with Crippen molar-refractivity contribution in [2.75, 3.05) is 0 Å². The molecule has 1 aromatic heterocycles. The molecule has 1 N–H and O–H groups in total. The van der Waals surface area contributed by atoms with Crippen molar-refractivity contribution in [2.24, 2.45) is 0 Å². The van der Waals surface area contributed by atoms with Gasteiger partial charge in [-0.2, -0.15) is 0 Å². The Morgan fingerprint density at radius 2 is 1.48 bits per heavy atom. The molecule has 124 valence electrons. The fourth-order valence-corrected chi connectivity index (χ4v) is 2.47. The van der Waals surface area contributed by atoms with E-state index < -0.39 is 6.10 Å². The topological polar surface area (TPSA) is 33.4 Å². The Morgan fingerprint density at radius 1 is 0.870 bits per heavy atom. The van der Waals surface area contributed by atoms with Crippen LogP contribution in [0.4, 0.5) is 0 Å². The SMILES string of the molecule is CC.CC.Cc1cc(C)c2oc(C(O)c3ccccc3)cc2c1. The van der Waals surface area contributed by atoms with E-state index >= 15 is 0 Å². The zero-order valence-electron chi connectivity index (χ0n) is 15.1. The standard InChI is InChI=1S/C17H16O2.2C2H6/c1-11-8-12(2)17-14(9-11)10-15(19-17)16(18)13-6-4-3-5-7-13;2*1-2/h3-10,16,18H,1-2H3;2*1-2H3. The van der Waals surface area contributed by atoms with Crippen LogP contribution in [0.1, 0.15) is 56.2 Å². The van der Waals surface area contributed by atoms with Gasteiger partial charge in [0, 0.05) is 5.39 Å². The third-order valence-corrected chi connectivity index (χ3v) is 3.35. The Hall–Kier alpha value is -2.06. The molecule has 0 saturated carbocycles. The van der Waals surface area contributed by atoms with Crippen LogP contribution in [-0.2, 0) is 0 Å². The summed E-state index contributed by atoms with van der Waals surface area (Å²) in [5, 5.41) is 11.4. The van der Waals surface area contributed by atoms with Crippen LogP contribution in [0.25, 0.3) is 11.0 Å². The molecule has 2 aromatic carbocycles. The average Bonchev–Trinajstić information content (AvgIpc) is 3.03. The highest BCUT2D eigenvalue weighted by atomic mass is 16.4. The summed E-state index contributed by atoms with van der Waals surface area (Å²) in [6.07, 6.45) is -0.715. The van der Waals surface area contributed by atoms with E-state index in [1.54, 1.807) is 0 Å². The quantitative estimate of drug-likeness (QED) is 0.612. The molecule has 0 aliphatic heterocycles. The molecule has 2 nitrogen and oxygen atoms in total. The summed E-state index contributed by atoms with van der Waals surface area (Å²) < 4.78 is 5.82. The molecule has 0 radical (unpaired) electrons. The zero-order valence-corrected chi connectivity index (χ0v) is 15.1. The van der Waals surface area contributed by atoms with Gasteiger partial charge in [0.2, 0.25) is 0 Å². The predicted octanol–water partition coefficient (Wildman–Crippen LogP) is 6.18. The normalized spacial score (nSPS) is 11.1. The highest BCUT2D eigenvalue weighted by Crippen LogP contribution is 2.30. The maximum Gasteiger partial charge on any atom is 0.138 e. The lowest BCUT2D eigenvalue weighted by atomic mass is 10.1. The highest BCUT2D eigenvalue weighted by Gasteiger charge is 2.16. The van der Waals surface area contributed by atoms with Gasteiger partial charge in [-0.15, -0.1) is 0 Å². The lowest BCUT2D eigenvalue weighted by Gasteiger charge is -2.07. The van der Waals surface area contributed by atoms with Crippen LogP contribution in [0.5, 0.6) is 0 Å². The maximum absolute atomic E-state index is 10.4. The van der Waals surface area contributed by atoms with E-state index in [4.69, 9.17) is 4.42 Å². The van der Waals surface area contributed by atoms with Gasteiger partial charge in [-0.25, -0.2) is 0 Å². The molecule has 1 heterocycles. The molecule has 23 heavy (non-hydrogen) atoms. The first-order valence-electron chi connectivity index (χ1n) is 8.39. The fraction of sp³-hybridized carbons (Fsp3) is 0.333. The van der Waals surface area contributed by atoms with Gasteiger partial charge >= 0.3 is 0 Å². The largest absolute Gasteiger partial charge is 0.458 e. The molecule has 0 amide bonds. The first-order valence-corrected chi connectivity index (χ1v) is 8.39. The monoisotopic (exact) mass is 312 g/mol. The predicted molar refractivity (Wildman–Crippen MR) is 98.9 cm³/mol. The van der Waals surface area contributed by atoms with Gasteiger partial charge in [-0.05, 0) is 37.1 Å². The second-order valence-electron chi connectivity index (χ2n) is 4.96. The summed E-state index contributed by atoms with van der Waals surface area (Å²) in [4.78, 5) is 0. The Labute approximate surface area is 139 Å². The van der Waals surface area contributed by atoms with E-state index in [0.717, 1.165) is 22.1 Å². The molecular formula is C21H28O2. The van der Waals surface area contributed by atoms with Gasteiger partial charge in [0.1, 0.15) is 17.4 Å². The third kappa shape index (κ3) is 4.46. The minimum absolute atomic E-state index is 0.593. The number of aliphatic hydroxyl groups excluding tert-OH is 1. The Kier molecular flexibility index (Phi) is 7.56. The first-order chi connectivity index (χ1) is 11.1. The molecule has 1 atom stereocenters. The fourth-order valence-electron chi connectivity index (χ4n) is 2.47. The van der Waals surface area contributed by atoms with E-state index in [-0.39, 0.29) is 0 Å². The van der Waals surface area contributed by atoms with E-state index in [1.165, 1.54) is 5.56 Å². The molecule has 0 aliphatic carbocycles. The van der Waals surface area contributed by atoms with Crippen molar-refractivity contribution >= 4 is 11.0 Å². The molecule has 3 aromatic rings. The number of benzene rings is 2. The van der Waals surface area contributed by atoms with Crippen LogP contribution < -0.4 is 0 Å². The van der Waals surface area contributed by atoms with Gasteiger partial charge in [-0.3, -0.25) is 0 Å². The number of hydrogen-bond acceptors (Lipinski definition) is 2. The van der Waals surface area contributed by atoms with Crippen molar-refractivity contribution in [1.82, 2.24) is 0 Å². The van der Waals surface area contributed by atoms with E-state index in [0.29, 0.717) is 5.76 Å². The number of aliphatic hydroxyl groups is 1. The van der Waals surface area contributed by atoms with Crippen molar-refractivity contribution in [3.05, 3.63) is 71.0 Å². The Morgan fingerprint density at radius 3 is 2.09 bits per heavy atom. The van der Waals surface area contributed by atoms with Crippen molar-refractivity contribution < 1.29 is 9.52 Å². The molecule has 0 saturated heterocycles. The maximum atomic E-state index is 10.4. The van der Waals surface area contributed by atoms with Gasteiger partial charge < -0.3 is 9.52 Å². The Balaban J connectivity index is 0.000000615. The Bertz CT molecular complexity index is 711. The molecular weight excluding hydrogens is 284 g/mol. The van der Waals surface area contributed by atoms with Crippen LogP contribution in [-0.4, -0.2) is 5.11 Å². The van der Waals surface area contributed by atoms with E-state index in [9.17, 15) is 5.11 Å². The van der Waals surface area contributed by atoms with Crippen LogP contribution in [0.3, 0.4) is 0 Å². The van der Waals surface area contributed by atoms with Crippen molar-refractivity contribution in [1.29, 1.82) is 0 Å². The molecule has 3 rings (SSSR count). The number of furan rings is 1. The second-order valence-corrected chi connectivity index (χ2v) is 4.96. The van der Waals surface area contributed by atoms with Crippen molar-refractivity contribution in [3.8, 4) is 0 Å². The van der Waals surface area contributed by atoms with Crippen molar-refractivity contribution in [3.63, 3.8) is 0 Å². The molecule has 0 fully saturated rings. The smallest absolute Gasteiger partial charge is 0.138 e. The number of rotatable bonds is 2. The first kappa shape index (κ1) is 19.0. The van der Waals surface area contributed by atoms with Crippen molar-refractivity contribution in [2.45, 2.75) is 47.6 Å². The molecule has 0 aliphatic rings. The van der Waals surface area contributed by atoms with E-state index in [1.807, 2.05) is 71.0 Å². The third-order valence-electron chi connectivity index (χ3n) is 3.35. The van der Waals surface area contributed by atoms with Gasteiger partial charge in [0.25, 0.3) is 0 Å². The minimum Gasteiger partial charge on any atom is -0.458 e. The zero-order chi connectivity index (χ0) is 17.4. The number of fused-ring (bicyclic) bond motifs is 1. The summed E-state index contributed by atoms with van der Waals surface area (Å²) in [6, 6.07) is 15.6. The second kappa shape index (κ2) is 9.16. The number of aryl methyl sites for hydroxylation is 2. The minimum atomic E-state index is -0.715. The molecule has 0 bridgehead atoms. The van der Waals surface area contributed by atoms with Crippen LogP contribution in [0.2, 0.25) is 0 Å². The summed E-state index contributed by atoms with van der Waals surface area (Å²) >= 11 is 0. The summed E-state index contributed by atoms with van der Waals surface area (Å²) in [5.41, 5.74) is 4.00. The lowest BCUT2D eigenvalue weighted by molar-refractivity contribution is 0.192. The van der Waals surface area contributed by atoms with Gasteiger partial charge in [-0.1, -0.05) is 69.7 Å². The average molecular weight is 312 g/mol. The van der Waals surface area contributed by atoms with Gasteiger partial charge in [0.05, 0.1) is 0 Å². The van der Waals surface area contributed by atoms with Crippen LogP contribution in [0.15, 0.2) is 52.9 Å².